The van der Waals surface area contributed by atoms with Gasteiger partial charge in [-0.3, -0.25) is 14.5 Å². The van der Waals surface area contributed by atoms with Gasteiger partial charge in [0.05, 0.1) is 13.1 Å². The van der Waals surface area contributed by atoms with Crippen LogP contribution in [-0.4, -0.2) is 56.6 Å². The Hall–Kier alpha value is -4.04. The molecule has 3 heterocycles. The van der Waals surface area contributed by atoms with Crippen LogP contribution in [-0.2, 0) is 13.1 Å². The topological polar surface area (TPSA) is 84.5 Å². The molecule has 2 aromatic heterocycles. The lowest BCUT2D eigenvalue weighted by Gasteiger charge is -2.33. The molecule has 0 atom stereocenters. The standard InChI is InChI=1S/C28H29N5O3/c1-20-7-5-9-22(17-20)18-33-12-6-11-24(28(33)35)27(34)32-15-13-31(14-16-32)19-25-29-26(30-36-25)23-10-4-3-8-21(23)2/h3-12,17H,13-16,18-19H2,1-2H3. The number of piperazine rings is 1. The Kier molecular flexibility index (Phi) is 6.77. The van der Waals surface area contributed by atoms with Crippen molar-refractivity contribution in [3.05, 3.63) is 105 Å². The van der Waals surface area contributed by atoms with E-state index in [1.807, 2.05) is 62.4 Å². The molecule has 36 heavy (non-hydrogen) atoms. The first kappa shape index (κ1) is 23.7. The average Bonchev–Trinajstić information content (AvgIpc) is 3.34. The third kappa shape index (κ3) is 5.13. The van der Waals surface area contributed by atoms with Gasteiger partial charge in [-0.2, -0.15) is 4.98 Å². The number of hydrogen-bond donors (Lipinski definition) is 0. The third-order valence-corrected chi connectivity index (χ3v) is 6.56. The molecule has 0 bridgehead atoms. The fourth-order valence-corrected chi connectivity index (χ4v) is 4.55. The first-order valence-electron chi connectivity index (χ1n) is 12.1. The van der Waals surface area contributed by atoms with Crippen molar-refractivity contribution >= 4 is 5.91 Å². The van der Waals surface area contributed by atoms with Crippen LogP contribution in [0.1, 0.15) is 32.9 Å². The molecule has 1 saturated heterocycles. The van der Waals surface area contributed by atoms with E-state index in [-0.39, 0.29) is 17.0 Å². The molecule has 0 aliphatic carbocycles. The Morgan fingerprint density at radius 1 is 0.944 bits per heavy atom. The maximum absolute atomic E-state index is 13.2. The Morgan fingerprint density at radius 3 is 2.53 bits per heavy atom. The summed E-state index contributed by atoms with van der Waals surface area (Å²) >= 11 is 0. The summed E-state index contributed by atoms with van der Waals surface area (Å²) in [7, 11) is 0. The number of aryl methyl sites for hydroxylation is 2. The van der Waals surface area contributed by atoms with Crippen molar-refractivity contribution in [3.63, 3.8) is 0 Å². The number of amides is 1. The summed E-state index contributed by atoms with van der Waals surface area (Å²) in [6.07, 6.45) is 1.73. The summed E-state index contributed by atoms with van der Waals surface area (Å²) in [5.74, 6) is 0.913. The molecule has 0 saturated carbocycles. The van der Waals surface area contributed by atoms with Crippen LogP contribution < -0.4 is 5.56 Å². The minimum atomic E-state index is -0.263. The number of pyridine rings is 1. The van der Waals surface area contributed by atoms with Crippen LogP contribution in [0.4, 0.5) is 0 Å². The Labute approximate surface area is 209 Å². The van der Waals surface area contributed by atoms with E-state index in [4.69, 9.17) is 4.52 Å². The molecule has 1 amide bonds. The van der Waals surface area contributed by atoms with E-state index in [1.54, 1.807) is 27.8 Å². The second-order valence-electron chi connectivity index (χ2n) is 9.24. The van der Waals surface area contributed by atoms with Gasteiger partial charge in [-0.05, 0) is 37.1 Å². The molecule has 0 radical (unpaired) electrons. The van der Waals surface area contributed by atoms with Crippen LogP contribution in [0.2, 0.25) is 0 Å². The third-order valence-electron chi connectivity index (χ3n) is 6.56. The van der Waals surface area contributed by atoms with Crippen molar-refractivity contribution < 1.29 is 9.32 Å². The van der Waals surface area contributed by atoms with Gasteiger partial charge in [0.15, 0.2) is 0 Å². The van der Waals surface area contributed by atoms with Crippen molar-refractivity contribution in [2.45, 2.75) is 26.9 Å². The van der Waals surface area contributed by atoms with Crippen molar-refractivity contribution in [2.75, 3.05) is 26.2 Å². The van der Waals surface area contributed by atoms with Crippen molar-refractivity contribution in [2.24, 2.45) is 0 Å². The molecule has 0 unspecified atom stereocenters. The zero-order valence-electron chi connectivity index (χ0n) is 20.6. The van der Waals surface area contributed by atoms with E-state index in [2.05, 4.69) is 15.0 Å². The molecule has 1 fully saturated rings. The molecular formula is C28H29N5O3. The van der Waals surface area contributed by atoms with Crippen molar-refractivity contribution in [1.29, 1.82) is 0 Å². The fourth-order valence-electron chi connectivity index (χ4n) is 4.55. The number of benzene rings is 2. The van der Waals surface area contributed by atoms with Crippen LogP contribution >= 0.6 is 0 Å². The average molecular weight is 484 g/mol. The lowest BCUT2D eigenvalue weighted by Crippen LogP contribution is -2.49. The number of hydrogen-bond acceptors (Lipinski definition) is 6. The molecule has 0 spiro atoms. The molecule has 5 rings (SSSR count). The summed E-state index contributed by atoms with van der Waals surface area (Å²) in [5.41, 5.74) is 4.16. The van der Waals surface area contributed by atoms with E-state index < -0.39 is 0 Å². The number of rotatable bonds is 6. The predicted octanol–water partition coefficient (Wildman–Crippen LogP) is 3.52. The van der Waals surface area contributed by atoms with E-state index in [9.17, 15) is 9.59 Å². The Balaban J connectivity index is 1.21. The van der Waals surface area contributed by atoms with Gasteiger partial charge in [0.25, 0.3) is 11.5 Å². The largest absolute Gasteiger partial charge is 0.338 e. The van der Waals surface area contributed by atoms with E-state index >= 15 is 0 Å². The number of aromatic nitrogens is 3. The number of carbonyl (C=O) groups excluding carboxylic acids is 1. The van der Waals surface area contributed by atoms with Gasteiger partial charge in [-0.1, -0.05) is 59.3 Å². The zero-order chi connectivity index (χ0) is 25.1. The summed E-state index contributed by atoms with van der Waals surface area (Å²) in [4.78, 5) is 34.7. The van der Waals surface area contributed by atoms with Crippen molar-refractivity contribution in [3.8, 4) is 11.4 Å². The maximum atomic E-state index is 13.2. The minimum Gasteiger partial charge on any atom is -0.338 e. The number of nitrogens with zero attached hydrogens (tertiary/aromatic N) is 5. The van der Waals surface area contributed by atoms with Gasteiger partial charge >= 0.3 is 0 Å². The highest BCUT2D eigenvalue weighted by Crippen LogP contribution is 2.20. The van der Waals surface area contributed by atoms with Gasteiger partial charge in [-0.15, -0.1) is 0 Å². The van der Waals surface area contributed by atoms with Crippen LogP contribution in [0.25, 0.3) is 11.4 Å². The monoisotopic (exact) mass is 483 g/mol. The van der Waals surface area contributed by atoms with E-state index in [0.29, 0.717) is 51.0 Å². The minimum absolute atomic E-state index is 0.207. The second kappa shape index (κ2) is 10.3. The molecule has 4 aromatic rings. The molecule has 0 N–H and O–H groups in total. The summed E-state index contributed by atoms with van der Waals surface area (Å²) in [5, 5.41) is 4.13. The molecular weight excluding hydrogens is 454 g/mol. The van der Waals surface area contributed by atoms with Gasteiger partial charge in [-0.25, -0.2) is 0 Å². The zero-order valence-corrected chi connectivity index (χ0v) is 20.6. The fraction of sp³-hybridized carbons (Fsp3) is 0.286. The van der Waals surface area contributed by atoms with Gasteiger partial charge in [0.2, 0.25) is 11.7 Å². The lowest BCUT2D eigenvalue weighted by atomic mass is 10.1. The highest BCUT2D eigenvalue weighted by Gasteiger charge is 2.25. The SMILES string of the molecule is Cc1cccc(Cn2cccc(C(=O)N3CCN(Cc4nc(-c5ccccc5C)no4)CC3)c2=O)c1. The Morgan fingerprint density at radius 2 is 1.75 bits per heavy atom. The van der Waals surface area contributed by atoms with Crippen LogP contribution in [0.3, 0.4) is 0 Å². The molecule has 184 valence electrons. The van der Waals surface area contributed by atoms with Gasteiger partial charge in [0, 0.05) is 37.9 Å². The van der Waals surface area contributed by atoms with Crippen LogP contribution in [0.15, 0.2) is 76.2 Å². The molecule has 2 aromatic carbocycles. The Bertz CT molecular complexity index is 1430. The first-order chi connectivity index (χ1) is 17.5. The highest BCUT2D eigenvalue weighted by molar-refractivity contribution is 5.93. The molecule has 1 aliphatic heterocycles. The van der Waals surface area contributed by atoms with E-state index in [1.165, 1.54) is 0 Å². The molecule has 1 aliphatic rings. The summed E-state index contributed by atoms with van der Waals surface area (Å²) in [6.45, 7) is 7.39. The van der Waals surface area contributed by atoms with Gasteiger partial charge < -0.3 is 14.0 Å². The summed E-state index contributed by atoms with van der Waals surface area (Å²) in [6, 6.07) is 19.4. The van der Waals surface area contributed by atoms with Crippen molar-refractivity contribution in [1.82, 2.24) is 24.5 Å². The smallest absolute Gasteiger partial charge is 0.263 e. The predicted molar refractivity (Wildman–Crippen MR) is 137 cm³/mol. The highest BCUT2D eigenvalue weighted by atomic mass is 16.5. The van der Waals surface area contributed by atoms with Crippen LogP contribution in [0.5, 0.6) is 0 Å². The first-order valence-corrected chi connectivity index (χ1v) is 12.1. The quantitative estimate of drug-likeness (QED) is 0.417. The molecule has 8 nitrogen and oxygen atoms in total. The normalized spacial score (nSPS) is 14.2. The number of carbonyl (C=O) groups is 1. The second-order valence-corrected chi connectivity index (χ2v) is 9.24. The molecule has 8 heteroatoms. The maximum Gasteiger partial charge on any atom is 0.263 e. The van der Waals surface area contributed by atoms with E-state index in [0.717, 1.165) is 22.3 Å². The van der Waals surface area contributed by atoms with Crippen LogP contribution in [0, 0.1) is 13.8 Å². The summed E-state index contributed by atoms with van der Waals surface area (Å²) < 4.78 is 7.08. The lowest BCUT2D eigenvalue weighted by molar-refractivity contribution is 0.0612. The van der Waals surface area contributed by atoms with Gasteiger partial charge in [0.1, 0.15) is 5.56 Å².